The van der Waals surface area contributed by atoms with E-state index >= 15 is 0 Å². The Bertz CT molecular complexity index is 1480. The van der Waals surface area contributed by atoms with Gasteiger partial charge in [-0.3, -0.25) is 0 Å². The van der Waals surface area contributed by atoms with Gasteiger partial charge in [0.2, 0.25) is 0 Å². The average molecular weight is 543 g/mol. The molecule has 41 heavy (non-hydrogen) atoms. The quantitative estimate of drug-likeness (QED) is 0.237. The topological polar surface area (TPSA) is 40.5 Å². The van der Waals surface area contributed by atoms with Crippen molar-refractivity contribution in [3.8, 4) is 22.6 Å². The Balaban J connectivity index is 1.65. The molecule has 2 nitrogen and oxygen atoms in total. The summed E-state index contributed by atoms with van der Waals surface area (Å²) in [6, 6.07) is 26.6. The number of rotatable bonds is 4. The van der Waals surface area contributed by atoms with Crippen molar-refractivity contribution in [1.29, 1.82) is 0 Å². The number of aromatic hydroxyl groups is 2. The summed E-state index contributed by atoms with van der Waals surface area (Å²) in [4.78, 5) is 0. The van der Waals surface area contributed by atoms with E-state index in [2.05, 4.69) is 72.8 Å². The Labute approximate surface area is 245 Å². The van der Waals surface area contributed by atoms with Gasteiger partial charge in [0.25, 0.3) is 0 Å². The van der Waals surface area contributed by atoms with Crippen LogP contribution in [0.2, 0.25) is 0 Å². The van der Waals surface area contributed by atoms with Gasteiger partial charge in [-0.05, 0) is 95.9 Å². The number of fused-ring (bicyclic) bond motifs is 3. The van der Waals surface area contributed by atoms with Crippen LogP contribution in [0.3, 0.4) is 0 Å². The Hall–Kier alpha value is -3.52. The van der Waals surface area contributed by atoms with E-state index in [0.29, 0.717) is 23.3 Å². The highest BCUT2D eigenvalue weighted by atomic mass is 16.3. The molecule has 0 bridgehead atoms. The minimum absolute atomic E-state index is 0.327. The maximum Gasteiger partial charge on any atom is 0.122 e. The fraction of sp³-hybridized carbons (Fsp3) is 0.385. The van der Waals surface area contributed by atoms with Gasteiger partial charge in [-0.1, -0.05) is 111 Å². The predicted octanol–water partition coefficient (Wildman–Crippen LogP) is 10.2. The maximum atomic E-state index is 11.9. The zero-order chi connectivity index (χ0) is 28.1. The number of hydrogen-bond donors (Lipinski definition) is 2. The lowest BCUT2D eigenvalue weighted by molar-refractivity contribution is 0.403. The van der Waals surface area contributed by atoms with Gasteiger partial charge in [0, 0.05) is 11.1 Å². The molecule has 0 aromatic heterocycles. The van der Waals surface area contributed by atoms with Crippen LogP contribution in [0.1, 0.15) is 121 Å². The van der Waals surface area contributed by atoms with E-state index < -0.39 is 5.41 Å². The third-order valence-electron chi connectivity index (χ3n) is 10.6. The molecule has 4 aromatic rings. The summed E-state index contributed by atoms with van der Waals surface area (Å²) in [7, 11) is 0. The monoisotopic (exact) mass is 542 g/mol. The summed E-state index contributed by atoms with van der Waals surface area (Å²) in [6.07, 6.45) is 11.8. The molecule has 0 saturated heterocycles. The zero-order valence-electron chi connectivity index (χ0n) is 24.5. The summed E-state index contributed by atoms with van der Waals surface area (Å²) < 4.78 is 0. The highest BCUT2D eigenvalue weighted by Crippen LogP contribution is 2.61. The Morgan fingerprint density at radius 2 is 0.878 bits per heavy atom. The molecule has 2 heteroatoms. The molecule has 0 spiro atoms. The minimum Gasteiger partial charge on any atom is -0.507 e. The molecule has 0 heterocycles. The second-order valence-corrected chi connectivity index (χ2v) is 12.9. The Morgan fingerprint density at radius 3 is 1.29 bits per heavy atom. The van der Waals surface area contributed by atoms with Gasteiger partial charge < -0.3 is 10.2 Å². The first-order valence-corrected chi connectivity index (χ1v) is 15.9. The van der Waals surface area contributed by atoms with Gasteiger partial charge in [0.1, 0.15) is 11.5 Å². The van der Waals surface area contributed by atoms with Gasteiger partial charge >= 0.3 is 0 Å². The first-order valence-electron chi connectivity index (χ1n) is 15.9. The van der Waals surface area contributed by atoms with E-state index in [1.807, 2.05) is 13.8 Å². The van der Waals surface area contributed by atoms with Gasteiger partial charge in [0.05, 0.1) is 5.41 Å². The maximum absolute atomic E-state index is 11.9. The van der Waals surface area contributed by atoms with Crippen LogP contribution in [0.25, 0.3) is 11.1 Å². The van der Waals surface area contributed by atoms with Crippen LogP contribution in [0.5, 0.6) is 11.5 Å². The lowest BCUT2D eigenvalue weighted by Crippen LogP contribution is -2.33. The SMILES string of the molecule is Cc1ccc(C2(c3ccc(C)c(O)c3C3CCCCC3)c3ccccc3-c3ccccc32)c(C2CCCCC2)c1O. The van der Waals surface area contributed by atoms with Crippen LogP contribution in [0.15, 0.2) is 72.8 Å². The molecule has 7 rings (SSSR count). The lowest BCUT2D eigenvalue weighted by atomic mass is 9.61. The lowest BCUT2D eigenvalue weighted by Gasteiger charge is -2.41. The van der Waals surface area contributed by atoms with E-state index in [1.165, 1.54) is 71.9 Å². The van der Waals surface area contributed by atoms with Crippen LogP contribution in [0, 0.1) is 13.8 Å². The van der Waals surface area contributed by atoms with Crippen LogP contribution >= 0.6 is 0 Å². The van der Waals surface area contributed by atoms with Gasteiger partial charge in [-0.25, -0.2) is 0 Å². The number of phenolic OH excluding ortho intramolecular Hbond substituents is 2. The molecular formula is C39H42O2. The Kier molecular flexibility index (Phi) is 6.69. The van der Waals surface area contributed by atoms with Crippen LogP contribution in [-0.2, 0) is 5.41 Å². The predicted molar refractivity (Wildman–Crippen MR) is 168 cm³/mol. The third kappa shape index (κ3) is 3.97. The number of aryl methyl sites for hydroxylation is 2. The van der Waals surface area contributed by atoms with Crippen molar-refractivity contribution in [1.82, 2.24) is 0 Å². The molecule has 210 valence electrons. The van der Waals surface area contributed by atoms with Crippen LogP contribution in [-0.4, -0.2) is 10.2 Å². The number of hydrogen-bond acceptors (Lipinski definition) is 2. The summed E-state index contributed by atoms with van der Waals surface area (Å²) >= 11 is 0. The standard InChI is InChI=1S/C39H42O2/c1-25-21-23-33(35(37(25)40)27-13-5-3-6-14-27)39(31-19-11-9-17-29(31)30-18-10-12-20-32(30)39)34-24-22-26(2)38(41)36(34)28-15-7-4-8-16-28/h9-12,17-24,27-28,40-41H,3-8,13-16H2,1-2H3. The molecule has 0 atom stereocenters. The van der Waals surface area contributed by atoms with Crippen molar-refractivity contribution < 1.29 is 10.2 Å². The van der Waals surface area contributed by atoms with Crippen molar-refractivity contribution in [2.75, 3.05) is 0 Å². The van der Waals surface area contributed by atoms with Crippen molar-refractivity contribution in [3.63, 3.8) is 0 Å². The minimum atomic E-state index is -0.622. The Morgan fingerprint density at radius 1 is 0.488 bits per heavy atom. The van der Waals surface area contributed by atoms with Crippen molar-refractivity contribution in [3.05, 3.63) is 117 Å². The number of phenols is 2. The highest BCUT2D eigenvalue weighted by molar-refractivity contribution is 5.87. The van der Waals surface area contributed by atoms with Crippen LogP contribution < -0.4 is 0 Å². The largest absolute Gasteiger partial charge is 0.507 e. The molecular weight excluding hydrogens is 500 g/mol. The molecule has 4 aromatic carbocycles. The van der Waals surface area contributed by atoms with E-state index in [-0.39, 0.29) is 0 Å². The summed E-state index contributed by atoms with van der Waals surface area (Å²) in [5.41, 5.74) is 11.0. The normalized spacial score (nSPS) is 18.7. The van der Waals surface area contributed by atoms with E-state index in [0.717, 1.165) is 47.9 Å². The molecule has 2 N–H and O–H groups in total. The first kappa shape index (κ1) is 26.4. The fourth-order valence-electron chi connectivity index (χ4n) is 8.66. The second kappa shape index (κ2) is 10.4. The molecule has 2 saturated carbocycles. The highest BCUT2D eigenvalue weighted by Gasteiger charge is 2.50. The summed E-state index contributed by atoms with van der Waals surface area (Å²) in [5.74, 6) is 1.58. The molecule has 0 aliphatic heterocycles. The number of benzene rings is 4. The molecule has 0 radical (unpaired) electrons. The summed E-state index contributed by atoms with van der Waals surface area (Å²) in [6.45, 7) is 4.08. The van der Waals surface area contributed by atoms with E-state index in [9.17, 15) is 10.2 Å². The van der Waals surface area contributed by atoms with Gasteiger partial charge in [-0.2, -0.15) is 0 Å². The van der Waals surface area contributed by atoms with Crippen molar-refractivity contribution in [2.24, 2.45) is 0 Å². The van der Waals surface area contributed by atoms with Crippen molar-refractivity contribution >= 4 is 0 Å². The third-order valence-corrected chi connectivity index (χ3v) is 10.6. The fourth-order valence-corrected chi connectivity index (χ4v) is 8.66. The van der Waals surface area contributed by atoms with Gasteiger partial charge in [0.15, 0.2) is 0 Å². The van der Waals surface area contributed by atoms with Gasteiger partial charge in [-0.15, -0.1) is 0 Å². The first-order chi connectivity index (χ1) is 20.0. The molecule has 3 aliphatic carbocycles. The van der Waals surface area contributed by atoms with Crippen molar-refractivity contribution in [2.45, 2.75) is 95.3 Å². The van der Waals surface area contributed by atoms with E-state index in [1.54, 1.807) is 0 Å². The molecule has 2 fully saturated rings. The smallest absolute Gasteiger partial charge is 0.122 e. The molecule has 3 aliphatic rings. The molecule has 0 amide bonds. The average Bonchev–Trinajstić information content (AvgIpc) is 3.31. The zero-order valence-corrected chi connectivity index (χ0v) is 24.5. The summed E-state index contributed by atoms with van der Waals surface area (Å²) in [5, 5.41) is 23.8. The molecule has 0 unspecified atom stereocenters. The second-order valence-electron chi connectivity index (χ2n) is 12.9. The van der Waals surface area contributed by atoms with E-state index in [4.69, 9.17) is 0 Å². The van der Waals surface area contributed by atoms with Crippen LogP contribution in [0.4, 0.5) is 0 Å².